The van der Waals surface area contributed by atoms with E-state index in [0.29, 0.717) is 43.2 Å². The Morgan fingerprint density at radius 3 is 2.31 bits per heavy atom. The lowest BCUT2D eigenvalue weighted by Crippen LogP contribution is -2.32. The van der Waals surface area contributed by atoms with Crippen molar-refractivity contribution < 1.29 is 24.2 Å². The van der Waals surface area contributed by atoms with Crippen LogP contribution in [0.15, 0.2) is 48.0 Å². The van der Waals surface area contributed by atoms with E-state index in [4.69, 9.17) is 9.47 Å². The third kappa shape index (κ3) is 5.05. The van der Waals surface area contributed by atoms with Gasteiger partial charge in [0.1, 0.15) is 19.0 Å². The van der Waals surface area contributed by atoms with E-state index in [1.165, 1.54) is 0 Å². The number of carbonyl (C=O) groups excluding carboxylic acids is 2. The Balaban J connectivity index is 1.78. The number of amides is 1. The highest BCUT2D eigenvalue weighted by Crippen LogP contribution is 2.41. The van der Waals surface area contributed by atoms with Crippen LogP contribution in [-0.4, -0.2) is 67.0 Å². The monoisotopic (exact) mass is 478 g/mol. The van der Waals surface area contributed by atoms with Gasteiger partial charge in [-0.05, 0) is 61.8 Å². The second-order valence-electron chi connectivity index (χ2n) is 10.4. The Morgan fingerprint density at radius 1 is 1.03 bits per heavy atom. The van der Waals surface area contributed by atoms with Crippen LogP contribution >= 0.6 is 0 Å². The number of rotatable bonds is 6. The molecule has 1 amide bonds. The predicted octanol–water partition coefficient (Wildman–Crippen LogP) is 4.13. The van der Waals surface area contributed by atoms with Crippen LogP contribution in [0.2, 0.25) is 0 Å². The van der Waals surface area contributed by atoms with Gasteiger partial charge in [-0.3, -0.25) is 9.59 Å². The average molecular weight is 479 g/mol. The summed E-state index contributed by atoms with van der Waals surface area (Å²) in [7, 11) is 3.94. The van der Waals surface area contributed by atoms with Gasteiger partial charge in [0.05, 0.1) is 11.6 Å². The van der Waals surface area contributed by atoms with Gasteiger partial charge in [-0.15, -0.1) is 0 Å². The van der Waals surface area contributed by atoms with Crippen LogP contribution in [0.4, 0.5) is 0 Å². The van der Waals surface area contributed by atoms with Gasteiger partial charge in [0, 0.05) is 12.1 Å². The number of fused-ring (bicyclic) bond motifs is 1. The lowest BCUT2D eigenvalue weighted by Gasteiger charge is -2.27. The van der Waals surface area contributed by atoms with Crippen molar-refractivity contribution in [2.75, 3.05) is 40.4 Å². The van der Waals surface area contributed by atoms with Crippen molar-refractivity contribution in [3.05, 3.63) is 64.7 Å². The van der Waals surface area contributed by atoms with Crippen molar-refractivity contribution in [3.8, 4) is 11.5 Å². The maximum atomic E-state index is 13.3. The average Bonchev–Trinajstić information content (AvgIpc) is 3.07. The number of Topliss-reactive ketones (excluding diaryl/α,β-unsaturated/α-hetero) is 1. The molecule has 2 heterocycles. The van der Waals surface area contributed by atoms with E-state index in [-0.39, 0.29) is 16.7 Å². The number of carbonyl (C=O) groups is 2. The summed E-state index contributed by atoms with van der Waals surface area (Å²) in [5.41, 5.74) is 2.42. The summed E-state index contributed by atoms with van der Waals surface area (Å²) in [5.74, 6) is -0.377. The van der Waals surface area contributed by atoms with Crippen LogP contribution in [0.25, 0.3) is 5.76 Å². The zero-order valence-electron chi connectivity index (χ0n) is 21.1. The largest absolute Gasteiger partial charge is 0.507 e. The van der Waals surface area contributed by atoms with Gasteiger partial charge in [-0.2, -0.15) is 0 Å². The van der Waals surface area contributed by atoms with Gasteiger partial charge in [-0.1, -0.05) is 45.0 Å². The molecule has 0 saturated carbocycles. The molecular weight excluding hydrogens is 444 g/mol. The SMILES string of the molecule is CN(C)CCCN1C(=O)C(=O)/C(=C(/O)c2ccc3c(c2)OCCO3)[C@H]1c1ccc(C(C)(C)C)cc1. The molecule has 0 unspecified atom stereocenters. The van der Waals surface area contributed by atoms with E-state index in [1.54, 1.807) is 23.1 Å². The van der Waals surface area contributed by atoms with Crippen LogP contribution in [0.1, 0.15) is 49.9 Å². The van der Waals surface area contributed by atoms with Crippen molar-refractivity contribution >= 4 is 17.4 Å². The number of benzene rings is 2. The first-order valence-corrected chi connectivity index (χ1v) is 12.0. The zero-order chi connectivity index (χ0) is 25.3. The molecule has 0 spiro atoms. The molecule has 2 aromatic carbocycles. The third-order valence-electron chi connectivity index (χ3n) is 6.45. The highest BCUT2D eigenvalue weighted by atomic mass is 16.6. The fourth-order valence-corrected chi connectivity index (χ4v) is 4.53. The molecule has 0 bridgehead atoms. The first-order valence-electron chi connectivity index (χ1n) is 12.0. The van der Waals surface area contributed by atoms with Gasteiger partial charge in [-0.25, -0.2) is 0 Å². The predicted molar refractivity (Wildman–Crippen MR) is 135 cm³/mol. The molecule has 1 fully saturated rings. The molecule has 186 valence electrons. The van der Waals surface area contributed by atoms with E-state index in [2.05, 4.69) is 20.8 Å². The summed E-state index contributed by atoms with van der Waals surface area (Å²) in [5, 5.41) is 11.3. The van der Waals surface area contributed by atoms with Crippen molar-refractivity contribution in [1.29, 1.82) is 0 Å². The minimum Gasteiger partial charge on any atom is -0.507 e. The van der Waals surface area contributed by atoms with Gasteiger partial charge in [0.25, 0.3) is 11.7 Å². The van der Waals surface area contributed by atoms with Gasteiger partial charge < -0.3 is 24.4 Å². The summed E-state index contributed by atoms with van der Waals surface area (Å²) in [6, 6.07) is 12.3. The molecule has 35 heavy (non-hydrogen) atoms. The van der Waals surface area contributed by atoms with E-state index < -0.39 is 17.7 Å². The summed E-state index contributed by atoms with van der Waals surface area (Å²) in [6.45, 7) is 8.47. The normalized spacial score (nSPS) is 19.5. The van der Waals surface area contributed by atoms with Crippen LogP contribution in [-0.2, 0) is 15.0 Å². The molecular formula is C28H34N2O5. The van der Waals surface area contributed by atoms with Crippen molar-refractivity contribution in [2.24, 2.45) is 0 Å². The van der Waals surface area contributed by atoms with E-state index in [0.717, 1.165) is 17.7 Å². The van der Waals surface area contributed by atoms with Gasteiger partial charge in [0.15, 0.2) is 11.5 Å². The zero-order valence-corrected chi connectivity index (χ0v) is 21.1. The summed E-state index contributed by atoms with van der Waals surface area (Å²) < 4.78 is 11.2. The number of likely N-dealkylation sites (tertiary alicyclic amines) is 1. The quantitative estimate of drug-likeness (QED) is 0.382. The highest BCUT2D eigenvalue weighted by molar-refractivity contribution is 6.46. The number of ketones is 1. The molecule has 2 aliphatic heterocycles. The van der Waals surface area contributed by atoms with Gasteiger partial charge in [0.2, 0.25) is 0 Å². The molecule has 7 nitrogen and oxygen atoms in total. The molecule has 2 aliphatic rings. The molecule has 0 radical (unpaired) electrons. The van der Waals surface area contributed by atoms with Crippen molar-refractivity contribution in [3.63, 3.8) is 0 Å². The van der Waals surface area contributed by atoms with Crippen molar-refractivity contribution in [2.45, 2.75) is 38.6 Å². The van der Waals surface area contributed by atoms with E-state index in [1.807, 2.05) is 43.3 Å². The van der Waals surface area contributed by atoms with Crippen LogP contribution in [0, 0.1) is 0 Å². The number of ether oxygens (including phenoxy) is 2. The Hall–Kier alpha value is -3.32. The minimum atomic E-state index is -0.674. The highest BCUT2D eigenvalue weighted by Gasteiger charge is 2.46. The smallest absolute Gasteiger partial charge is 0.295 e. The van der Waals surface area contributed by atoms with E-state index >= 15 is 0 Å². The molecule has 1 atom stereocenters. The lowest BCUT2D eigenvalue weighted by atomic mass is 9.85. The topological polar surface area (TPSA) is 79.3 Å². The van der Waals surface area contributed by atoms with Crippen LogP contribution < -0.4 is 9.47 Å². The minimum absolute atomic E-state index is 0.0305. The fourth-order valence-electron chi connectivity index (χ4n) is 4.53. The standard InChI is InChI=1S/C28H34N2O5/c1-28(2,3)20-10-7-18(8-11-20)24-23(26(32)27(33)30(24)14-6-13-29(4)5)25(31)19-9-12-21-22(17-19)35-16-15-34-21/h7-12,17,24,31H,6,13-16H2,1-5H3/b25-23+/t24-/m1/s1. The third-order valence-corrected chi connectivity index (χ3v) is 6.45. The molecule has 4 rings (SSSR count). The first kappa shape index (κ1) is 24.8. The lowest BCUT2D eigenvalue weighted by molar-refractivity contribution is -0.139. The van der Waals surface area contributed by atoms with Gasteiger partial charge >= 0.3 is 0 Å². The number of nitrogens with zero attached hydrogens (tertiary/aromatic N) is 2. The van der Waals surface area contributed by atoms with Crippen LogP contribution in [0.3, 0.4) is 0 Å². The number of hydrogen-bond acceptors (Lipinski definition) is 6. The fraction of sp³-hybridized carbons (Fsp3) is 0.429. The molecule has 0 aliphatic carbocycles. The summed E-state index contributed by atoms with van der Waals surface area (Å²) in [4.78, 5) is 30.0. The maximum Gasteiger partial charge on any atom is 0.295 e. The Kier molecular flexibility index (Phi) is 6.90. The molecule has 2 aromatic rings. The number of aliphatic hydroxyl groups is 1. The molecule has 0 aromatic heterocycles. The second-order valence-corrected chi connectivity index (χ2v) is 10.4. The number of aliphatic hydroxyl groups excluding tert-OH is 1. The van der Waals surface area contributed by atoms with Crippen molar-refractivity contribution in [1.82, 2.24) is 9.80 Å². The Morgan fingerprint density at radius 2 is 1.69 bits per heavy atom. The summed E-state index contributed by atoms with van der Waals surface area (Å²) >= 11 is 0. The molecule has 1 N–H and O–H groups in total. The second kappa shape index (κ2) is 9.74. The Labute approximate surface area is 206 Å². The Bertz CT molecular complexity index is 1140. The summed E-state index contributed by atoms with van der Waals surface area (Å²) in [6.07, 6.45) is 0.709. The van der Waals surface area contributed by atoms with Crippen LogP contribution in [0.5, 0.6) is 11.5 Å². The maximum absolute atomic E-state index is 13.3. The molecule has 7 heteroatoms. The van der Waals surface area contributed by atoms with E-state index in [9.17, 15) is 14.7 Å². The first-order chi connectivity index (χ1) is 16.6. The molecule has 1 saturated heterocycles. The number of hydrogen-bond donors (Lipinski definition) is 1.